The Morgan fingerprint density at radius 2 is 1.68 bits per heavy atom. The van der Waals surface area contributed by atoms with Crippen LogP contribution in [0.1, 0.15) is 6.42 Å². The topological polar surface area (TPSA) is 72.8 Å². The molecule has 0 radical (unpaired) electrons. The number of aliphatic carboxylic acids is 1. The van der Waals surface area contributed by atoms with Crippen molar-refractivity contribution < 1.29 is 23.5 Å². The highest BCUT2D eigenvalue weighted by Crippen LogP contribution is 2.19. The second-order valence-electron chi connectivity index (χ2n) is 5.92. The van der Waals surface area contributed by atoms with E-state index in [2.05, 4.69) is 32.7 Å². The maximum absolute atomic E-state index is 11.1. The van der Waals surface area contributed by atoms with Crippen LogP contribution in [-0.4, -0.2) is 40.3 Å². The zero-order valence-corrected chi connectivity index (χ0v) is 14.4. The van der Waals surface area contributed by atoms with Crippen LogP contribution in [0.4, 0.5) is 0 Å². The Morgan fingerprint density at radius 3 is 2.16 bits per heavy atom. The quantitative estimate of drug-likeness (QED) is 0.323. The summed E-state index contributed by atoms with van der Waals surface area (Å²) in [7, 11) is -3.21. The van der Waals surface area contributed by atoms with Crippen molar-refractivity contribution in [3.8, 4) is 0 Å². The zero-order chi connectivity index (χ0) is 15.1. The first kappa shape index (κ1) is 18.1. The fourth-order valence-corrected chi connectivity index (χ4v) is 9.77. The summed E-state index contributed by atoms with van der Waals surface area (Å²) in [5.41, 5.74) is 0. The lowest BCUT2D eigenvalue weighted by Gasteiger charge is -2.31. The summed E-state index contributed by atoms with van der Waals surface area (Å²) in [5, 5.41) is 8.35. The fourth-order valence-electron chi connectivity index (χ4n) is 1.74. The number of hydrogen-bond acceptors (Lipinski definition) is 4. The van der Waals surface area contributed by atoms with E-state index in [0.29, 0.717) is 6.61 Å². The molecule has 1 N–H and O–H groups in total. The van der Waals surface area contributed by atoms with Gasteiger partial charge in [-0.3, -0.25) is 0 Å². The predicted octanol–water partition coefficient (Wildman–Crippen LogP) is 2.62. The minimum Gasteiger partial charge on any atom is -0.478 e. The van der Waals surface area contributed by atoms with Crippen LogP contribution in [-0.2, 0) is 18.4 Å². The summed E-state index contributed by atoms with van der Waals surface area (Å²) in [6.45, 7) is 11.1. The molecular weight excluding hydrogens is 280 g/mol. The predicted molar refractivity (Wildman–Crippen MR) is 79.1 cm³/mol. The van der Waals surface area contributed by atoms with Crippen molar-refractivity contribution in [1.82, 2.24) is 0 Å². The van der Waals surface area contributed by atoms with Gasteiger partial charge in [-0.25, -0.2) is 9.59 Å². The molecule has 0 saturated carbocycles. The lowest BCUT2D eigenvalue weighted by Crippen LogP contribution is -2.42. The third kappa shape index (κ3) is 11.9. The number of ether oxygens (including phenoxy) is 1. The van der Waals surface area contributed by atoms with Crippen LogP contribution >= 0.6 is 0 Å². The van der Waals surface area contributed by atoms with Crippen LogP contribution in [0.25, 0.3) is 0 Å². The summed E-state index contributed by atoms with van der Waals surface area (Å²) in [6.07, 6.45) is 2.44. The van der Waals surface area contributed by atoms with Gasteiger partial charge in [-0.1, -0.05) is 0 Å². The SMILES string of the molecule is C[Si](C)(C)O[Si](C)(C)CCCOC(=O)C=CC(=O)O. The zero-order valence-electron chi connectivity index (χ0n) is 12.4. The van der Waals surface area contributed by atoms with E-state index in [1.165, 1.54) is 0 Å². The van der Waals surface area contributed by atoms with Crippen molar-refractivity contribution in [1.29, 1.82) is 0 Å². The smallest absolute Gasteiger partial charge is 0.331 e. The van der Waals surface area contributed by atoms with Crippen molar-refractivity contribution in [2.75, 3.05) is 6.61 Å². The van der Waals surface area contributed by atoms with E-state index in [0.717, 1.165) is 24.6 Å². The minimum absolute atomic E-state index is 0.300. The maximum Gasteiger partial charge on any atom is 0.331 e. The Bertz CT molecular complexity index is 345. The van der Waals surface area contributed by atoms with Gasteiger partial charge in [-0.15, -0.1) is 0 Å². The molecule has 5 nitrogen and oxygen atoms in total. The maximum atomic E-state index is 11.1. The van der Waals surface area contributed by atoms with Gasteiger partial charge in [0.15, 0.2) is 16.6 Å². The van der Waals surface area contributed by atoms with E-state index in [9.17, 15) is 9.59 Å². The largest absolute Gasteiger partial charge is 0.478 e. The number of hydrogen-bond donors (Lipinski definition) is 1. The molecule has 110 valence electrons. The molecule has 7 heteroatoms. The first-order valence-electron chi connectivity index (χ1n) is 6.30. The van der Waals surface area contributed by atoms with Crippen LogP contribution in [0.3, 0.4) is 0 Å². The van der Waals surface area contributed by atoms with Crippen LogP contribution in [0.2, 0.25) is 38.8 Å². The first-order valence-corrected chi connectivity index (χ1v) is 12.8. The average Bonchev–Trinajstić information content (AvgIpc) is 2.18. The molecule has 0 spiro atoms. The molecule has 0 aliphatic heterocycles. The molecule has 0 aromatic heterocycles. The lowest BCUT2D eigenvalue weighted by molar-refractivity contribution is -0.138. The molecule has 19 heavy (non-hydrogen) atoms. The first-order chi connectivity index (χ1) is 8.52. The Morgan fingerprint density at radius 1 is 1.11 bits per heavy atom. The molecule has 0 aliphatic carbocycles. The molecule has 0 heterocycles. The van der Waals surface area contributed by atoms with Gasteiger partial charge in [0.1, 0.15) is 0 Å². The van der Waals surface area contributed by atoms with E-state index in [1.54, 1.807) is 0 Å². The number of carboxylic acid groups (broad SMARTS) is 1. The van der Waals surface area contributed by atoms with Crippen LogP contribution < -0.4 is 0 Å². The Kier molecular flexibility index (Phi) is 7.24. The van der Waals surface area contributed by atoms with Crippen LogP contribution in [0.5, 0.6) is 0 Å². The third-order valence-electron chi connectivity index (χ3n) is 2.11. The van der Waals surface area contributed by atoms with Gasteiger partial charge in [0.25, 0.3) is 0 Å². The minimum atomic E-state index is -1.69. The molecule has 0 saturated heterocycles. The monoisotopic (exact) mass is 304 g/mol. The molecule has 0 amide bonds. The van der Waals surface area contributed by atoms with Gasteiger partial charge >= 0.3 is 11.9 Å². The third-order valence-corrected chi connectivity index (χ3v) is 8.33. The van der Waals surface area contributed by atoms with Crippen LogP contribution in [0, 0.1) is 0 Å². The van der Waals surface area contributed by atoms with Crippen molar-refractivity contribution >= 4 is 28.6 Å². The van der Waals surface area contributed by atoms with Gasteiger partial charge in [-0.2, -0.15) is 0 Å². The molecule has 0 rings (SSSR count). The van der Waals surface area contributed by atoms with Gasteiger partial charge in [-0.05, 0) is 45.2 Å². The Hall–Kier alpha value is -0.926. The highest BCUT2D eigenvalue weighted by atomic mass is 28.4. The average molecular weight is 304 g/mol. The Balaban J connectivity index is 3.91. The number of carbonyl (C=O) groups excluding carboxylic acids is 1. The second kappa shape index (κ2) is 7.61. The standard InChI is InChI=1S/C12H24O5Si2/c1-18(2,3)17-19(4,5)10-6-9-16-12(15)8-7-11(13)14/h7-8H,6,9-10H2,1-5H3,(H,13,14). The normalized spacial score (nSPS) is 12.7. The number of carbonyl (C=O) groups is 2. The van der Waals surface area contributed by atoms with E-state index in [-0.39, 0.29) is 0 Å². The van der Waals surface area contributed by atoms with E-state index in [4.69, 9.17) is 14.0 Å². The Labute approximate surface area is 116 Å². The van der Waals surface area contributed by atoms with E-state index >= 15 is 0 Å². The molecule has 0 fully saturated rings. The molecule has 0 atom stereocenters. The van der Waals surface area contributed by atoms with E-state index in [1.807, 2.05) is 0 Å². The number of carboxylic acids is 1. The van der Waals surface area contributed by atoms with Gasteiger partial charge in [0.05, 0.1) is 6.61 Å². The lowest BCUT2D eigenvalue weighted by atomic mass is 10.5. The molecule has 0 aromatic rings. The van der Waals surface area contributed by atoms with E-state index < -0.39 is 28.6 Å². The summed E-state index contributed by atoms with van der Waals surface area (Å²) in [6, 6.07) is 0.924. The summed E-state index contributed by atoms with van der Waals surface area (Å²) in [4.78, 5) is 21.3. The molecule has 0 bridgehead atoms. The van der Waals surface area contributed by atoms with Crippen molar-refractivity contribution in [3.05, 3.63) is 12.2 Å². The molecule has 0 unspecified atom stereocenters. The molecule has 0 aromatic carbocycles. The van der Waals surface area contributed by atoms with Gasteiger partial charge in [0.2, 0.25) is 0 Å². The molecule has 0 aliphatic rings. The number of esters is 1. The summed E-state index contributed by atoms with van der Waals surface area (Å²) >= 11 is 0. The van der Waals surface area contributed by atoms with Crippen molar-refractivity contribution in [3.63, 3.8) is 0 Å². The van der Waals surface area contributed by atoms with Crippen LogP contribution in [0.15, 0.2) is 12.2 Å². The summed E-state index contributed by atoms with van der Waals surface area (Å²) < 4.78 is 11.1. The van der Waals surface area contributed by atoms with Crippen molar-refractivity contribution in [2.24, 2.45) is 0 Å². The summed E-state index contributed by atoms with van der Waals surface area (Å²) in [5.74, 6) is -1.78. The highest BCUT2D eigenvalue weighted by molar-refractivity contribution is 6.84. The van der Waals surface area contributed by atoms with Gasteiger partial charge < -0.3 is 14.0 Å². The fraction of sp³-hybridized carbons (Fsp3) is 0.667. The second-order valence-corrected chi connectivity index (χ2v) is 15.0. The highest BCUT2D eigenvalue weighted by Gasteiger charge is 2.28. The molecular formula is C12H24O5Si2. The number of rotatable bonds is 8. The van der Waals surface area contributed by atoms with Crippen molar-refractivity contribution in [2.45, 2.75) is 45.2 Å². The van der Waals surface area contributed by atoms with Gasteiger partial charge in [0, 0.05) is 12.2 Å².